The first-order valence-electron chi connectivity index (χ1n) is 12.3. The molecule has 2 aliphatic heterocycles. The van der Waals surface area contributed by atoms with Crippen LogP contribution < -0.4 is 15.0 Å². The van der Waals surface area contributed by atoms with Crippen LogP contribution >= 0.6 is 0 Å². The Balaban J connectivity index is 1.50. The minimum absolute atomic E-state index is 0.319. The SMILES string of the molecule is CC(C)N(C)c1ccc2c(c1)Oc1ccc(CNc3ccccc3)cc1C21OC(=O)c2ccccc21. The molecule has 0 fully saturated rings. The zero-order chi connectivity index (χ0) is 24.9. The van der Waals surface area contributed by atoms with E-state index < -0.39 is 5.60 Å². The molecule has 0 saturated heterocycles. The van der Waals surface area contributed by atoms with Crippen LogP contribution in [0.15, 0.2) is 91.0 Å². The summed E-state index contributed by atoms with van der Waals surface area (Å²) in [5.74, 6) is 1.08. The van der Waals surface area contributed by atoms with Crippen LogP contribution in [0.3, 0.4) is 0 Å². The number of nitrogens with zero attached hydrogens (tertiary/aromatic N) is 1. The average Bonchev–Trinajstić information content (AvgIpc) is 3.20. The van der Waals surface area contributed by atoms with Gasteiger partial charge >= 0.3 is 5.97 Å². The van der Waals surface area contributed by atoms with E-state index in [-0.39, 0.29) is 5.97 Å². The lowest BCUT2D eigenvalue weighted by molar-refractivity contribution is 0.0224. The van der Waals surface area contributed by atoms with E-state index in [1.54, 1.807) is 0 Å². The van der Waals surface area contributed by atoms with E-state index >= 15 is 0 Å². The summed E-state index contributed by atoms with van der Waals surface area (Å²) >= 11 is 0. The quantitative estimate of drug-likeness (QED) is 0.324. The van der Waals surface area contributed by atoms with Crippen molar-refractivity contribution in [3.05, 3.63) is 119 Å². The first kappa shape index (κ1) is 22.2. The van der Waals surface area contributed by atoms with Crippen LogP contribution in [-0.2, 0) is 16.9 Å². The highest BCUT2D eigenvalue weighted by molar-refractivity contribution is 5.97. The first-order valence-corrected chi connectivity index (χ1v) is 12.3. The van der Waals surface area contributed by atoms with E-state index in [1.807, 2.05) is 72.8 Å². The van der Waals surface area contributed by atoms with Gasteiger partial charge in [-0.05, 0) is 61.9 Å². The fourth-order valence-electron chi connectivity index (χ4n) is 5.10. The van der Waals surface area contributed by atoms with Gasteiger partial charge in [0.1, 0.15) is 11.5 Å². The highest BCUT2D eigenvalue weighted by Crippen LogP contribution is 2.56. The Labute approximate surface area is 211 Å². The number of hydrogen-bond acceptors (Lipinski definition) is 5. The number of carbonyl (C=O) groups is 1. The average molecular weight is 477 g/mol. The molecule has 5 heteroatoms. The number of carbonyl (C=O) groups excluding carboxylic acids is 1. The van der Waals surface area contributed by atoms with E-state index in [2.05, 4.69) is 49.3 Å². The number of esters is 1. The number of nitrogens with one attached hydrogen (secondary N) is 1. The Morgan fingerprint density at radius 2 is 1.61 bits per heavy atom. The smallest absolute Gasteiger partial charge is 0.340 e. The van der Waals surface area contributed by atoms with E-state index in [0.717, 1.165) is 33.6 Å². The molecule has 0 saturated carbocycles. The molecule has 0 amide bonds. The zero-order valence-corrected chi connectivity index (χ0v) is 20.6. The molecule has 4 aromatic rings. The minimum Gasteiger partial charge on any atom is -0.456 e. The summed E-state index contributed by atoms with van der Waals surface area (Å²) in [7, 11) is 2.07. The monoisotopic (exact) mass is 476 g/mol. The summed E-state index contributed by atoms with van der Waals surface area (Å²) in [5, 5.41) is 3.47. The number of hydrogen-bond donors (Lipinski definition) is 1. The molecule has 1 N–H and O–H groups in total. The summed E-state index contributed by atoms with van der Waals surface area (Å²) in [6.07, 6.45) is 0. The van der Waals surface area contributed by atoms with Gasteiger partial charge in [0.15, 0.2) is 5.60 Å². The molecule has 1 spiro atoms. The van der Waals surface area contributed by atoms with Gasteiger partial charge in [0.05, 0.1) is 5.56 Å². The lowest BCUT2D eigenvalue weighted by Gasteiger charge is -2.37. The molecule has 5 nitrogen and oxygen atoms in total. The normalized spacial score (nSPS) is 17.2. The van der Waals surface area contributed by atoms with E-state index in [1.165, 1.54) is 0 Å². The second-order valence-electron chi connectivity index (χ2n) is 9.65. The molecular formula is C31H28N2O3. The lowest BCUT2D eigenvalue weighted by atomic mass is 9.77. The molecule has 0 bridgehead atoms. The molecule has 1 atom stereocenters. The highest BCUT2D eigenvalue weighted by atomic mass is 16.6. The van der Waals surface area contributed by atoms with Gasteiger partial charge in [0, 0.05) is 53.8 Å². The van der Waals surface area contributed by atoms with E-state index in [0.29, 0.717) is 29.6 Å². The maximum Gasteiger partial charge on any atom is 0.340 e. The maximum absolute atomic E-state index is 13.1. The predicted octanol–water partition coefficient (Wildman–Crippen LogP) is 6.71. The van der Waals surface area contributed by atoms with Crippen molar-refractivity contribution in [3.8, 4) is 11.5 Å². The zero-order valence-electron chi connectivity index (χ0n) is 20.6. The van der Waals surface area contributed by atoms with Crippen LogP contribution in [0.1, 0.15) is 46.5 Å². The van der Waals surface area contributed by atoms with Crippen molar-refractivity contribution < 1.29 is 14.3 Å². The van der Waals surface area contributed by atoms with Crippen molar-refractivity contribution in [1.29, 1.82) is 0 Å². The Morgan fingerprint density at radius 3 is 2.42 bits per heavy atom. The number of ether oxygens (including phenoxy) is 2. The van der Waals surface area contributed by atoms with Gasteiger partial charge in [-0.2, -0.15) is 0 Å². The number of fused-ring (bicyclic) bond motifs is 6. The molecule has 2 heterocycles. The molecule has 1 unspecified atom stereocenters. The van der Waals surface area contributed by atoms with Crippen molar-refractivity contribution in [2.24, 2.45) is 0 Å². The highest BCUT2D eigenvalue weighted by Gasteiger charge is 2.53. The predicted molar refractivity (Wildman–Crippen MR) is 142 cm³/mol. The standard InChI is InChI=1S/C31H28N2O3/c1-20(2)33(3)23-14-15-26-29(18-23)35-28-16-13-21(19-32-22-9-5-4-6-10-22)17-27(28)31(26)25-12-8-7-11-24(25)30(34)36-31/h4-18,20,32H,19H2,1-3H3. The van der Waals surface area contributed by atoms with Gasteiger partial charge in [-0.3, -0.25) is 0 Å². The van der Waals surface area contributed by atoms with Crippen molar-refractivity contribution >= 4 is 17.3 Å². The van der Waals surface area contributed by atoms with Gasteiger partial charge in [-0.1, -0.05) is 42.5 Å². The Kier molecular flexibility index (Phi) is 5.22. The van der Waals surface area contributed by atoms with Crippen molar-refractivity contribution in [2.75, 3.05) is 17.3 Å². The van der Waals surface area contributed by atoms with Crippen molar-refractivity contribution in [1.82, 2.24) is 0 Å². The maximum atomic E-state index is 13.1. The summed E-state index contributed by atoms with van der Waals surface area (Å²) in [5.41, 5.74) is 5.21. The second kappa shape index (κ2) is 8.45. The number of anilines is 2. The number of para-hydroxylation sites is 1. The van der Waals surface area contributed by atoms with Crippen LogP contribution in [-0.4, -0.2) is 19.1 Å². The van der Waals surface area contributed by atoms with Gasteiger partial charge in [0.2, 0.25) is 0 Å². The Bertz CT molecular complexity index is 1460. The molecule has 6 rings (SSSR count). The molecule has 0 aliphatic carbocycles. The molecule has 0 radical (unpaired) electrons. The fourth-order valence-corrected chi connectivity index (χ4v) is 5.10. The minimum atomic E-state index is -1.06. The Hall–Kier alpha value is -4.25. The molecule has 2 aliphatic rings. The first-order chi connectivity index (χ1) is 17.5. The van der Waals surface area contributed by atoms with Gasteiger partial charge < -0.3 is 19.7 Å². The summed E-state index contributed by atoms with van der Waals surface area (Å²) in [6, 6.07) is 30.4. The second-order valence-corrected chi connectivity index (χ2v) is 9.65. The van der Waals surface area contributed by atoms with Crippen molar-refractivity contribution in [3.63, 3.8) is 0 Å². The van der Waals surface area contributed by atoms with E-state index in [9.17, 15) is 4.79 Å². The third-order valence-electron chi connectivity index (χ3n) is 7.21. The third-order valence-corrected chi connectivity index (χ3v) is 7.21. The lowest BCUT2D eigenvalue weighted by Crippen LogP contribution is -2.33. The number of benzene rings is 4. The van der Waals surface area contributed by atoms with Crippen LogP contribution in [0.4, 0.5) is 11.4 Å². The molecule has 4 aromatic carbocycles. The van der Waals surface area contributed by atoms with Gasteiger partial charge in [-0.25, -0.2) is 4.79 Å². The number of rotatable bonds is 5. The summed E-state index contributed by atoms with van der Waals surface area (Å²) < 4.78 is 12.8. The largest absolute Gasteiger partial charge is 0.456 e. The van der Waals surface area contributed by atoms with E-state index in [4.69, 9.17) is 9.47 Å². The van der Waals surface area contributed by atoms with Gasteiger partial charge in [0.25, 0.3) is 0 Å². The van der Waals surface area contributed by atoms with Crippen LogP contribution in [0, 0.1) is 0 Å². The third kappa shape index (κ3) is 3.42. The Morgan fingerprint density at radius 1 is 0.833 bits per heavy atom. The topological polar surface area (TPSA) is 50.8 Å². The van der Waals surface area contributed by atoms with Crippen LogP contribution in [0.5, 0.6) is 11.5 Å². The fraction of sp³-hybridized carbons (Fsp3) is 0.194. The van der Waals surface area contributed by atoms with Crippen molar-refractivity contribution in [2.45, 2.75) is 32.0 Å². The summed E-state index contributed by atoms with van der Waals surface area (Å²) in [4.78, 5) is 15.3. The molecule has 180 valence electrons. The van der Waals surface area contributed by atoms with Gasteiger partial charge in [-0.15, -0.1) is 0 Å². The summed E-state index contributed by atoms with van der Waals surface area (Å²) in [6.45, 7) is 4.93. The molecule has 0 aromatic heterocycles. The van der Waals surface area contributed by atoms with Crippen LogP contribution in [0.2, 0.25) is 0 Å². The molecular weight excluding hydrogens is 448 g/mol. The molecule has 36 heavy (non-hydrogen) atoms. The van der Waals surface area contributed by atoms with Crippen LogP contribution in [0.25, 0.3) is 0 Å².